The van der Waals surface area contributed by atoms with Crippen molar-refractivity contribution in [3.05, 3.63) is 59.2 Å². The van der Waals surface area contributed by atoms with Crippen LogP contribution in [-0.4, -0.2) is 36.3 Å². The van der Waals surface area contributed by atoms with Crippen molar-refractivity contribution in [3.63, 3.8) is 0 Å². The highest BCUT2D eigenvalue weighted by Crippen LogP contribution is 2.25. The van der Waals surface area contributed by atoms with Gasteiger partial charge >= 0.3 is 0 Å². The van der Waals surface area contributed by atoms with Crippen LogP contribution in [-0.2, 0) is 17.8 Å². The van der Waals surface area contributed by atoms with Crippen LogP contribution < -0.4 is 5.73 Å². The molecule has 5 nitrogen and oxygen atoms in total. The highest BCUT2D eigenvalue weighted by molar-refractivity contribution is 5.96. The third-order valence-corrected chi connectivity index (χ3v) is 5.81. The standard InChI is InChI=1S/C25H34N4O/c1-3-5-20-12-21(17-30-16-19-8-10-29(11-9-19)18(2)26)14-24(13-20)22-6-4-7-23(15-22)25(27)28/h4,6-7,12-15,19,26H,3,5,8-11,16-17H2,1-2H3,(H3,27,28). The Morgan fingerprint density at radius 3 is 2.47 bits per heavy atom. The van der Waals surface area contributed by atoms with Gasteiger partial charge in [-0.1, -0.05) is 43.7 Å². The second kappa shape index (κ2) is 10.4. The first-order valence-corrected chi connectivity index (χ1v) is 10.9. The van der Waals surface area contributed by atoms with Crippen molar-refractivity contribution in [2.75, 3.05) is 19.7 Å². The van der Waals surface area contributed by atoms with Crippen molar-refractivity contribution in [3.8, 4) is 11.1 Å². The molecule has 1 fully saturated rings. The van der Waals surface area contributed by atoms with Crippen molar-refractivity contribution in [2.24, 2.45) is 11.7 Å². The fourth-order valence-corrected chi connectivity index (χ4v) is 4.09. The van der Waals surface area contributed by atoms with Gasteiger partial charge in [-0.15, -0.1) is 0 Å². The fraction of sp³-hybridized carbons (Fsp3) is 0.440. The second-order valence-electron chi connectivity index (χ2n) is 8.31. The van der Waals surface area contributed by atoms with Crippen LogP contribution in [0.25, 0.3) is 11.1 Å². The second-order valence-corrected chi connectivity index (χ2v) is 8.31. The Kier molecular flexibility index (Phi) is 7.63. The van der Waals surface area contributed by atoms with E-state index in [1.807, 2.05) is 25.1 Å². The predicted molar refractivity (Wildman–Crippen MR) is 124 cm³/mol. The molecule has 1 saturated heterocycles. The largest absolute Gasteiger partial charge is 0.384 e. The van der Waals surface area contributed by atoms with Gasteiger partial charge in [-0.3, -0.25) is 10.8 Å². The lowest BCUT2D eigenvalue weighted by molar-refractivity contribution is 0.0673. The molecule has 3 rings (SSSR count). The third-order valence-electron chi connectivity index (χ3n) is 5.81. The number of ether oxygens (including phenoxy) is 1. The molecule has 1 aliphatic heterocycles. The minimum absolute atomic E-state index is 0.0920. The molecule has 0 unspecified atom stereocenters. The highest BCUT2D eigenvalue weighted by atomic mass is 16.5. The van der Waals surface area contributed by atoms with Crippen LogP contribution in [0.2, 0.25) is 0 Å². The smallest absolute Gasteiger partial charge is 0.122 e. The lowest BCUT2D eigenvalue weighted by Crippen LogP contribution is -2.37. The molecule has 2 aromatic carbocycles. The minimum Gasteiger partial charge on any atom is -0.384 e. The summed E-state index contributed by atoms with van der Waals surface area (Å²) in [4.78, 5) is 2.15. The zero-order valence-electron chi connectivity index (χ0n) is 18.2. The number of likely N-dealkylation sites (tertiary alicyclic amines) is 1. The van der Waals surface area contributed by atoms with E-state index >= 15 is 0 Å². The maximum atomic E-state index is 7.76. The Morgan fingerprint density at radius 2 is 1.80 bits per heavy atom. The summed E-state index contributed by atoms with van der Waals surface area (Å²) >= 11 is 0. The summed E-state index contributed by atoms with van der Waals surface area (Å²) in [5, 5.41) is 15.5. The molecule has 160 valence electrons. The van der Waals surface area contributed by atoms with E-state index in [1.54, 1.807) is 0 Å². The van der Waals surface area contributed by atoms with Gasteiger partial charge in [0, 0.05) is 25.3 Å². The number of nitrogens with one attached hydrogen (secondary N) is 2. The van der Waals surface area contributed by atoms with Gasteiger partial charge in [0.05, 0.1) is 12.4 Å². The fourth-order valence-electron chi connectivity index (χ4n) is 4.09. The van der Waals surface area contributed by atoms with Crippen molar-refractivity contribution < 1.29 is 4.74 Å². The zero-order chi connectivity index (χ0) is 21.5. The Hall–Kier alpha value is -2.66. The SMILES string of the molecule is CCCc1cc(COCC2CCN(C(C)=N)CC2)cc(-c2cccc(C(=N)N)c2)c1. The van der Waals surface area contributed by atoms with Gasteiger partial charge < -0.3 is 15.4 Å². The molecule has 0 atom stereocenters. The van der Waals surface area contributed by atoms with E-state index in [1.165, 1.54) is 11.1 Å². The van der Waals surface area contributed by atoms with Crippen LogP contribution >= 0.6 is 0 Å². The number of hydrogen-bond donors (Lipinski definition) is 3. The van der Waals surface area contributed by atoms with Gasteiger partial charge in [0.2, 0.25) is 0 Å². The molecular formula is C25H34N4O. The normalized spacial score (nSPS) is 14.7. The number of nitrogens with two attached hydrogens (primary N) is 1. The lowest BCUT2D eigenvalue weighted by Gasteiger charge is -2.32. The summed E-state index contributed by atoms with van der Waals surface area (Å²) in [6.07, 6.45) is 4.32. The molecule has 1 aliphatic rings. The number of aryl methyl sites for hydroxylation is 1. The molecule has 0 amide bonds. The molecule has 1 heterocycles. The zero-order valence-corrected chi connectivity index (χ0v) is 18.2. The summed E-state index contributed by atoms with van der Waals surface area (Å²) in [7, 11) is 0. The van der Waals surface area contributed by atoms with Gasteiger partial charge in [-0.25, -0.2) is 0 Å². The van der Waals surface area contributed by atoms with E-state index in [-0.39, 0.29) is 5.84 Å². The van der Waals surface area contributed by atoms with Crippen molar-refractivity contribution in [1.29, 1.82) is 10.8 Å². The lowest BCUT2D eigenvalue weighted by atomic mass is 9.96. The van der Waals surface area contributed by atoms with Gasteiger partial charge in [0.25, 0.3) is 0 Å². The van der Waals surface area contributed by atoms with Crippen molar-refractivity contribution in [1.82, 2.24) is 4.90 Å². The van der Waals surface area contributed by atoms with E-state index in [2.05, 4.69) is 36.1 Å². The van der Waals surface area contributed by atoms with Crippen molar-refractivity contribution in [2.45, 2.75) is 46.1 Å². The Labute approximate surface area is 180 Å². The van der Waals surface area contributed by atoms with Gasteiger partial charge in [0.1, 0.15) is 5.84 Å². The molecule has 0 aliphatic carbocycles. The summed E-state index contributed by atoms with van der Waals surface area (Å²) in [6.45, 7) is 7.38. The molecule has 2 aromatic rings. The van der Waals surface area contributed by atoms with Gasteiger partial charge in [-0.2, -0.15) is 0 Å². The first-order valence-electron chi connectivity index (χ1n) is 10.9. The summed E-state index contributed by atoms with van der Waals surface area (Å²) in [6, 6.07) is 14.6. The molecule has 30 heavy (non-hydrogen) atoms. The van der Waals surface area contributed by atoms with E-state index in [9.17, 15) is 0 Å². The Bertz CT molecular complexity index is 884. The van der Waals surface area contributed by atoms with Crippen LogP contribution in [0, 0.1) is 16.7 Å². The van der Waals surface area contributed by atoms with E-state index in [4.69, 9.17) is 21.3 Å². The van der Waals surface area contributed by atoms with Crippen LogP contribution in [0.15, 0.2) is 42.5 Å². The van der Waals surface area contributed by atoms with Crippen LogP contribution in [0.5, 0.6) is 0 Å². The molecule has 0 aromatic heterocycles. The average molecular weight is 407 g/mol. The number of hydrogen-bond acceptors (Lipinski definition) is 3. The molecule has 0 bridgehead atoms. The maximum absolute atomic E-state index is 7.76. The Morgan fingerprint density at radius 1 is 1.07 bits per heavy atom. The Balaban J connectivity index is 1.67. The molecule has 5 heteroatoms. The number of nitrogens with zero attached hydrogens (tertiary/aromatic N) is 1. The molecule has 4 N–H and O–H groups in total. The number of piperidine rings is 1. The summed E-state index contributed by atoms with van der Waals surface area (Å²) in [5.74, 6) is 1.34. The average Bonchev–Trinajstić information content (AvgIpc) is 2.74. The number of amidine groups is 2. The minimum atomic E-state index is 0.0920. The molecule has 0 saturated carbocycles. The third kappa shape index (κ3) is 5.92. The van der Waals surface area contributed by atoms with E-state index < -0.39 is 0 Å². The van der Waals surface area contributed by atoms with Crippen LogP contribution in [0.1, 0.15) is 49.8 Å². The number of rotatable bonds is 8. The van der Waals surface area contributed by atoms with Crippen molar-refractivity contribution >= 4 is 11.7 Å². The molecule has 0 radical (unpaired) electrons. The highest BCUT2D eigenvalue weighted by Gasteiger charge is 2.19. The van der Waals surface area contributed by atoms with Gasteiger partial charge in [0.15, 0.2) is 0 Å². The van der Waals surface area contributed by atoms with Gasteiger partial charge in [-0.05, 0) is 66.5 Å². The predicted octanol–water partition coefficient (Wildman–Crippen LogP) is 4.82. The monoisotopic (exact) mass is 406 g/mol. The first-order chi connectivity index (χ1) is 14.5. The van der Waals surface area contributed by atoms with Crippen LogP contribution in [0.4, 0.5) is 0 Å². The first kappa shape index (κ1) is 22.0. The molecule has 0 spiro atoms. The number of nitrogen functional groups attached to an aromatic ring is 1. The van der Waals surface area contributed by atoms with Crippen LogP contribution in [0.3, 0.4) is 0 Å². The topological polar surface area (TPSA) is 86.2 Å². The maximum Gasteiger partial charge on any atom is 0.122 e. The number of benzene rings is 2. The molecular weight excluding hydrogens is 372 g/mol. The summed E-state index contributed by atoms with van der Waals surface area (Å²) in [5.41, 5.74) is 11.2. The van der Waals surface area contributed by atoms with E-state index in [0.29, 0.717) is 18.4 Å². The summed E-state index contributed by atoms with van der Waals surface area (Å²) < 4.78 is 6.11. The quantitative estimate of drug-likeness (QED) is 0.434. The van der Waals surface area contributed by atoms with E-state index in [0.717, 1.165) is 62.1 Å².